The molecule has 0 radical (unpaired) electrons. The highest BCUT2D eigenvalue weighted by Crippen LogP contribution is 2.38. The van der Waals surface area contributed by atoms with Crippen molar-refractivity contribution in [2.75, 3.05) is 6.61 Å². The standard InChI is InChI=1S/C19H27NO2SSi/c1-19(2,3)24(4,5)22-15-17(16-11-7-6-8-12-16)23(21)18-13-9-10-14-20-18/h6-14,17H,15H2,1-5H3/t17-,23?/m1/s1. The van der Waals surface area contributed by atoms with Crippen molar-refractivity contribution in [2.24, 2.45) is 0 Å². The first-order chi connectivity index (χ1) is 11.2. The maximum Gasteiger partial charge on any atom is 0.192 e. The highest BCUT2D eigenvalue weighted by molar-refractivity contribution is 7.85. The van der Waals surface area contributed by atoms with Crippen LogP contribution in [0.25, 0.3) is 0 Å². The molecule has 0 N–H and O–H groups in total. The molecule has 24 heavy (non-hydrogen) atoms. The van der Waals surface area contributed by atoms with E-state index in [1.54, 1.807) is 6.20 Å². The van der Waals surface area contributed by atoms with Crippen molar-refractivity contribution in [3.63, 3.8) is 0 Å². The van der Waals surface area contributed by atoms with Gasteiger partial charge < -0.3 is 4.43 Å². The normalized spacial score (nSPS) is 15.0. The number of pyridine rings is 1. The summed E-state index contributed by atoms with van der Waals surface area (Å²) in [6, 6.07) is 15.5. The van der Waals surface area contributed by atoms with Gasteiger partial charge in [-0.25, -0.2) is 4.98 Å². The lowest BCUT2D eigenvalue weighted by Gasteiger charge is -2.37. The molecule has 0 aliphatic heterocycles. The topological polar surface area (TPSA) is 39.2 Å². The average Bonchev–Trinajstić information content (AvgIpc) is 2.55. The van der Waals surface area contributed by atoms with E-state index in [1.807, 2.05) is 48.5 Å². The van der Waals surface area contributed by atoms with Crippen molar-refractivity contribution in [1.82, 2.24) is 4.98 Å². The lowest BCUT2D eigenvalue weighted by Crippen LogP contribution is -2.42. The maximum atomic E-state index is 13.1. The Morgan fingerprint density at radius 2 is 1.71 bits per heavy atom. The summed E-state index contributed by atoms with van der Waals surface area (Å²) < 4.78 is 19.5. The van der Waals surface area contributed by atoms with E-state index in [9.17, 15) is 4.21 Å². The largest absolute Gasteiger partial charge is 0.415 e. The Kier molecular flexibility index (Phi) is 6.12. The van der Waals surface area contributed by atoms with Gasteiger partial charge in [-0.2, -0.15) is 0 Å². The number of benzene rings is 1. The van der Waals surface area contributed by atoms with Gasteiger partial charge in [-0.05, 0) is 35.8 Å². The van der Waals surface area contributed by atoms with Crippen LogP contribution in [0.5, 0.6) is 0 Å². The lowest BCUT2D eigenvalue weighted by atomic mass is 10.2. The molecule has 0 spiro atoms. The van der Waals surface area contributed by atoms with Gasteiger partial charge in [-0.1, -0.05) is 57.2 Å². The van der Waals surface area contributed by atoms with Crippen LogP contribution < -0.4 is 0 Å². The first-order valence-electron chi connectivity index (χ1n) is 8.23. The van der Waals surface area contributed by atoms with E-state index in [4.69, 9.17) is 4.43 Å². The summed E-state index contributed by atoms with van der Waals surface area (Å²) in [6.07, 6.45) is 1.68. The number of aromatic nitrogens is 1. The Morgan fingerprint density at radius 1 is 1.08 bits per heavy atom. The summed E-state index contributed by atoms with van der Waals surface area (Å²) in [6.45, 7) is 11.5. The Bertz CT molecular complexity index is 669. The zero-order valence-corrected chi connectivity index (χ0v) is 17.0. The van der Waals surface area contributed by atoms with Gasteiger partial charge in [-0.3, -0.25) is 4.21 Å². The molecule has 0 aliphatic carbocycles. The molecule has 0 aliphatic rings. The van der Waals surface area contributed by atoms with E-state index >= 15 is 0 Å². The van der Waals surface area contributed by atoms with Crippen LogP contribution in [0.1, 0.15) is 31.6 Å². The molecule has 2 aromatic rings. The Labute approximate surface area is 149 Å². The Balaban J connectivity index is 2.27. The minimum atomic E-state index is -1.90. The van der Waals surface area contributed by atoms with Gasteiger partial charge in [0.05, 0.1) is 22.7 Å². The molecule has 2 atom stereocenters. The van der Waals surface area contributed by atoms with E-state index in [-0.39, 0.29) is 10.3 Å². The third-order valence-corrected chi connectivity index (χ3v) is 10.8. The van der Waals surface area contributed by atoms with Gasteiger partial charge in [0, 0.05) is 6.20 Å². The Morgan fingerprint density at radius 3 is 2.25 bits per heavy atom. The monoisotopic (exact) mass is 361 g/mol. The second-order valence-electron chi connectivity index (χ2n) is 7.44. The highest BCUT2D eigenvalue weighted by Gasteiger charge is 2.38. The first kappa shape index (κ1) is 19.0. The predicted octanol–water partition coefficient (Wildman–Crippen LogP) is 4.95. The van der Waals surface area contributed by atoms with Crippen LogP contribution in [0.3, 0.4) is 0 Å². The summed E-state index contributed by atoms with van der Waals surface area (Å²) in [4.78, 5) is 4.27. The zero-order valence-electron chi connectivity index (χ0n) is 15.2. The second kappa shape index (κ2) is 7.72. The molecule has 0 amide bonds. The fourth-order valence-corrected chi connectivity index (χ4v) is 4.46. The van der Waals surface area contributed by atoms with Gasteiger partial charge in [0.15, 0.2) is 8.32 Å². The van der Waals surface area contributed by atoms with Crippen molar-refractivity contribution < 1.29 is 8.63 Å². The molecule has 0 saturated carbocycles. The molecule has 5 heteroatoms. The SMILES string of the molecule is CC(C)(C)[Si](C)(C)OC[C@H](c1ccccc1)S(=O)c1ccccn1. The second-order valence-corrected chi connectivity index (χ2v) is 13.8. The molecule has 130 valence electrons. The molecule has 3 nitrogen and oxygen atoms in total. The zero-order chi connectivity index (χ0) is 17.8. The fourth-order valence-electron chi connectivity index (χ4n) is 2.06. The van der Waals surface area contributed by atoms with Crippen LogP contribution in [0.15, 0.2) is 59.8 Å². The van der Waals surface area contributed by atoms with Gasteiger partial charge in [0.25, 0.3) is 0 Å². The predicted molar refractivity (Wildman–Crippen MR) is 103 cm³/mol. The van der Waals surface area contributed by atoms with Gasteiger partial charge >= 0.3 is 0 Å². The summed E-state index contributed by atoms with van der Waals surface area (Å²) in [7, 11) is -3.15. The van der Waals surface area contributed by atoms with Gasteiger partial charge in [0.1, 0.15) is 5.03 Å². The third-order valence-electron chi connectivity index (χ3n) is 4.68. The summed E-state index contributed by atoms with van der Waals surface area (Å²) in [5.41, 5.74) is 1.03. The third kappa shape index (κ3) is 4.62. The van der Waals surface area contributed by atoms with Crippen molar-refractivity contribution in [2.45, 2.75) is 49.2 Å². The fraction of sp³-hybridized carbons (Fsp3) is 0.421. The van der Waals surface area contributed by atoms with Crippen LogP contribution in [-0.2, 0) is 15.2 Å². The van der Waals surface area contributed by atoms with E-state index in [2.05, 4.69) is 38.8 Å². The summed E-state index contributed by atoms with van der Waals surface area (Å²) in [5, 5.41) is 0.515. The van der Waals surface area contributed by atoms with Crippen LogP contribution in [-0.4, -0.2) is 24.1 Å². The molecule has 1 aromatic carbocycles. The molecule has 2 rings (SSSR count). The maximum absolute atomic E-state index is 13.1. The molecule has 1 unspecified atom stereocenters. The summed E-state index contributed by atoms with van der Waals surface area (Å²) >= 11 is 0. The Hall–Kier alpha value is -1.30. The smallest absolute Gasteiger partial charge is 0.192 e. The molecular formula is C19H27NO2SSi. The van der Waals surface area contributed by atoms with Crippen molar-refractivity contribution in [1.29, 1.82) is 0 Å². The van der Waals surface area contributed by atoms with E-state index in [0.29, 0.717) is 11.6 Å². The van der Waals surface area contributed by atoms with Crippen molar-refractivity contribution >= 4 is 19.1 Å². The van der Waals surface area contributed by atoms with Gasteiger partial charge in [-0.15, -0.1) is 0 Å². The molecule has 0 fully saturated rings. The van der Waals surface area contributed by atoms with Crippen LogP contribution >= 0.6 is 0 Å². The number of hydrogen-bond acceptors (Lipinski definition) is 3. The van der Waals surface area contributed by atoms with E-state index < -0.39 is 19.1 Å². The number of hydrogen-bond donors (Lipinski definition) is 0. The van der Waals surface area contributed by atoms with E-state index in [0.717, 1.165) is 5.56 Å². The molecule has 1 aromatic heterocycles. The van der Waals surface area contributed by atoms with Crippen LogP contribution in [0.4, 0.5) is 0 Å². The van der Waals surface area contributed by atoms with E-state index in [1.165, 1.54) is 0 Å². The summed E-state index contributed by atoms with van der Waals surface area (Å²) in [5.74, 6) is 0. The number of rotatable bonds is 6. The van der Waals surface area contributed by atoms with Crippen LogP contribution in [0, 0.1) is 0 Å². The van der Waals surface area contributed by atoms with Gasteiger partial charge in [0.2, 0.25) is 0 Å². The minimum absolute atomic E-state index is 0.126. The molecule has 1 heterocycles. The molecular weight excluding hydrogens is 334 g/mol. The van der Waals surface area contributed by atoms with Crippen LogP contribution in [0.2, 0.25) is 18.1 Å². The minimum Gasteiger partial charge on any atom is -0.415 e. The first-order valence-corrected chi connectivity index (χ1v) is 12.3. The molecule has 0 saturated heterocycles. The average molecular weight is 362 g/mol. The lowest BCUT2D eigenvalue weighted by molar-refractivity contribution is 0.287. The highest BCUT2D eigenvalue weighted by atomic mass is 32.2. The van der Waals surface area contributed by atoms with Crippen molar-refractivity contribution in [3.8, 4) is 0 Å². The van der Waals surface area contributed by atoms with Crippen molar-refractivity contribution in [3.05, 3.63) is 60.3 Å². The number of nitrogens with zero attached hydrogens (tertiary/aromatic N) is 1. The molecule has 0 bridgehead atoms. The quantitative estimate of drug-likeness (QED) is 0.683.